The number of aliphatic imine (C=N–C) groups is 1. The first kappa shape index (κ1) is 22.5. The van der Waals surface area contributed by atoms with E-state index in [1.807, 2.05) is 6.92 Å². The molecule has 0 fully saturated rings. The van der Waals surface area contributed by atoms with Gasteiger partial charge in [0.2, 0.25) is 5.91 Å². The van der Waals surface area contributed by atoms with Crippen LogP contribution < -0.4 is 25.4 Å². The second-order valence-corrected chi connectivity index (χ2v) is 6.36. The third-order valence-corrected chi connectivity index (χ3v) is 3.77. The molecule has 1 aromatic carbocycles. The summed E-state index contributed by atoms with van der Waals surface area (Å²) < 4.78 is 34.9. The largest absolute Gasteiger partial charge is 0.497 e. The molecule has 9 heteroatoms. The van der Waals surface area contributed by atoms with Gasteiger partial charge < -0.3 is 25.4 Å². The van der Waals surface area contributed by atoms with E-state index in [2.05, 4.69) is 25.7 Å². The molecule has 1 amide bonds. The molecule has 152 valence electrons. The van der Waals surface area contributed by atoms with Gasteiger partial charge in [0, 0.05) is 25.7 Å². The molecule has 1 rings (SSSR count). The third-order valence-electron chi connectivity index (χ3n) is 3.77. The number of hydrogen-bond donors (Lipinski definition) is 3. The molecular formula is C18H28F2N4O3. The van der Waals surface area contributed by atoms with Crippen molar-refractivity contribution in [3.63, 3.8) is 0 Å². The van der Waals surface area contributed by atoms with Crippen molar-refractivity contribution in [3.8, 4) is 11.5 Å². The average Bonchev–Trinajstić information content (AvgIpc) is 2.63. The van der Waals surface area contributed by atoms with E-state index in [0.29, 0.717) is 30.4 Å². The molecule has 0 aromatic heterocycles. The molecule has 1 aromatic rings. The van der Waals surface area contributed by atoms with Gasteiger partial charge in [0.1, 0.15) is 11.5 Å². The maximum Gasteiger partial charge on any atom is 0.387 e. The Labute approximate surface area is 158 Å². The number of amides is 1. The first-order chi connectivity index (χ1) is 12.7. The Kier molecular flexibility index (Phi) is 8.77. The lowest BCUT2D eigenvalue weighted by Crippen LogP contribution is -2.47. The normalized spacial score (nSPS) is 11.9. The number of carbonyl (C=O) groups excluding carboxylic acids is 1. The average molecular weight is 386 g/mol. The molecule has 3 N–H and O–H groups in total. The summed E-state index contributed by atoms with van der Waals surface area (Å²) in [6.45, 7) is 3.62. The Hall–Kier alpha value is -2.58. The molecule has 27 heavy (non-hydrogen) atoms. The number of carbonyl (C=O) groups is 1. The first-order valence-corrected chi connectivity index (χ1v) is 8.59. The molecule has 0 saturated carbocycles. The van der Waals surface area contributed by atoms with Crippen molar-refractivity contribution in [2.24, 2.45) is 10.4 Å². The topological polar surface area (TPSA) is 84.0 Å². The number of ether oxygens (including phenoxy) is 2. The highest BCUT2D eigenvalue weighted by Gasteiger charge is 2.26. The summed E-state index contributed by atoms with van der Waals surface area (Å²) in [5.74, 6) is 0.906. The minimum Gasteiger partial charge on any atom is -0.497 e. The van der Waals surface area contributed by atoms with Gasteiger partial charge in [0.15, 0.2) is 5.96 Å². The van der Waals surface area contributed by atoms with Crippen molar-refractivity contribution in [3.05, 3.63) is 23.8 Å². The van der Waals surface area contributed by atoms with E-state index in [0.717, 1.165) is 0 Å². The number of methoxy groups -OCH3 is 1. The SMILES string of the molecule is CCNC(=NCc1cc(OC)ccc1OC(F)F)NCC(C)(C)C(=O)NC. The highest BCUT2D eigenvalue weighted by molar-refractivity contribution is 5.84. The third kappa shape index (κ3) is 7.28. The van der Waals surface area contributed by atoms with Crippen LogP contribution in [0.5, 0.6) is 11.5 Å². The first-order valence-electron chi connectivity index (χ1n) is 8.59. The quantitative estimate of drug-likeness (QED) is 0.447. The van der Waals surface area contributed by atoms with E-state index < -0.39 is 12.0 Å². The standard InChI is InChI=1S/C18H28F2N4O3/c1-6-22-17(24-11-18(2,3)15(25)21-4)23-10-12-9-13(26-5)7-8-14(12)27-16(19)20/h7-9,16H,6,10-11H2,1-5H3,(H,21,25)(H2,22,23,24). The van der Waals surface area contributed by atoms with Crippen LogP contribution in [0.4, 0.5) is 8.78 Å². The summed E-state index contributed by atoms with van der Waals surface area (Å²) in [6.07, 6.45) is 0. The second-order valence-electron chi connectivity index (χ2n) is 6.36. The van der Waals surface area contributed by atoms with Crippen LogP contribution in [0.15, 0.2) is 23.2 Å². The zero-order valence-corrected chi connectivity index (χ0v) is 16.4. The van der Waals surface area contributed by atoms with Gasteiger partial charge in [0.05, 0.1) is 19.1 Å². The molecule has 0 bridgehead atoms. The van der Waals surface area contributed by atoms with E-state index in [4.69, 9.17) is 4.74 Å². The molecule has 0 aliphatic carbocycles. The number of halogens is 2. The molecule has 0 radical (unpaired) electrons. The van der Waals surface area contributed by atoms with Crippen LogP contribution in [-0.4, -0.2) is 45.7 Å². The van der Waals surface area contributed by atoms with Gasteiger partial charge in [-0.1, -0.05) is 0 Å². The van der Waals surface area contributed by atoms with Crippen molar-refractivity contribution in [1.82, 2.24) is 16.0 Å². The van der Waals surface area contributed by atoms with Gasteiger partial charge in [0.25, 0.3) is 0 Å². The van der Waals surface area contributed by atoms with Crippen LogP contribution >= 0.6 is 0 Å². The summed E-state index contributed by atoms with van der Waals surface area (Å²) >= 11 is 0. The van der Waals surface area contributed by atoms with E-state index in [1.165, 1.54) is 13.2 Å². The molecule has 0 unspecified atom stereocenters. The fourth-order valence-electron chi connectivity index (χ4n) is 2.25. The molecular weight excluding hydrogens is 358 g/mol. The molecule has 0 atom stereocenters. The Balaban J connectivity index is 2.95. The van der Waals surface area contributed by atoms with Gasteiger partial charge in [-0.3, -0.25) is 4.79 Å². The second kappa shape index (κ2) is 10.5. The van der Waals surface area contributed by atoms with Crippen LogP contribution in [0.2, 0.25) is 0 Å². The van der Waals surface area contributed by atoms with Crippen molar-refractivity contribution in [2.45, 2.75) is 33.9 Å². The number of nitrogens with one attached hydrogen (secondary N) is 3. The van der Waals surface area contributed by atoms with Crippen molar-refractivity contribution >= 4 is 11.9 Å². The van der Waals surface area contributed by atoms with Gasteiger partial charge in [-0.2, -0.15) is 8.78 Å². The van der Waals surface area contributed by atoms with E-state index in [1.54, 1.807) is 33.0 Å². The lowest BCUT2D eigenvalue weighted by Gasteiger charge is -2.24. The number of alkyl halides is 2. The van der Waals surface area contributed by atoms with Gasteiger partial charge in [-0.15, -0.1) is 0 Å². The van der Waals surface area contributed by atoms with Crippen molar-refractivity contribution < 1.29 is 23.0 Å². The Morgan fingerprint density at radius 1 is 1.30 bits per heavy atom. The Morgan fingerprint density at radius 2 is 2.00 bits per heavy atom. The lowest BCUT2D eigenvalue weighted by atomic mass is 9.92. The number of rotatable bonds is 9. The van der Waals surface area contributed by atoms with E-state index in [9.17, 15) is 13.6 Å². The fraction of sp³-hybridized carbons (Fsp3) is 0.556. The summed E-state index contributed by atoms with van der Waals surface area (Å²) in [4.78, 5) is 16.3. The maximum atomic E-state index is 12.6. The van der Waals surface area contributed by atoms with Crippen LogP contribution in [0.1, 0.15) is 26.3 Å². The smallest absolute Gasteiger partial charge is 0.387 e. The summed E-state index contributed by atoms with van der Waals surface area (Å²) in [7, 11) is 3.07. The zero-order valence-electron chi connectivity index (χ0n) is 16.4. The van der Waals surface area contributed by atoms with Crippen LogP contribution in [0.25, 0.3) is 0 Å². The number of guanidine groups is 1. The molecule has 0 saturated heterocycles. The van der Waals surface area contributed by atoms with Gasteiger partial charge in [-0.25, -0.2) is 4.99 Å². The van der Waals surface area contributed by atoms with Crippen LogP contribution in [0, 0.1) is 5.41 Å². The Morgan fingerprint density at radius 3 is 2.56 bits per heavy atom. The predicted octanol–water partition coefficient (Wildman–Crippen LogP) is 2.12. The van der Waals surface area contributed by atoms with Crippen molar-refractivity contribution in [1.29, 1.82) is 0 Å². The minimum absolute atomic E-state index is 0.0380. The fourth-order valence-corrected chi connectivity index (χ4v) is 2.25. The molecule has 0 spiro atoms. The Bertz CT molecular complexity index is 651. The van der Waals surface area contributed by atoms with Gasteiger partial charge >= 0.3 is 6.61 Å². The van der Waals surface area contributed by atoms with E-state index >= 15 is 0 Å². The lowest BCUT2D eigenvalue weighted by molar-refractivity contribution is -0.128. The molecule has 0 aliphatic heterocycles. The molecule has 0 heterocycles. The zero-order chi connectivity index (χ0) is 20.4. The highest BCUT2D eigenvalue weighted by atomic mass is 19.3. The predicted molar refractivity (Wildman–Crippen MR) is 100 cm³/mol. The highest BCUT2D eigenvalue weighted by Crippen LogP contribution is 2.26. The monoisotopic (exact) mass is 386 g/mol. The van der Waals surface area contributed by atoms with E-state index in [-0.39, 0.29) is 18.2 Å². The van der Waals surface area contributed by atoms with Gasteiger partial charge in [-0.05, 0) is 39.0 Å². The number of hydrogen-bond acceptors (Lipinski definition) is 4. The molecule has 7 nitrogen and oxygen atoms in total. The summed E-state index contributed by atoms with van der Waals surface area (Å²) in [6, 6.07) is 4.56. The minimum atomic E-state index is -2.93. The van der Waals surface area contributed by atoms with Crippen LogP contribution in [-0.2, 0) is 11.3 Å². The maximum absolute atomic E-state index is 12.6. The molecule has 0 aliphatic rings. The van der Waals surface area contributed by atoms with Crippen LogP contribution in [0.3, 0.4) is 0 Å². The number of nitrogens with zero attached hydrogens (tertiary/aromatic N) is 1. The van der Waals surface area contributed by atoms with Crippen molar-refractivity contribution in [2.75, 3.05) is 27.2 Å². The number of benzene rings is 1. The summed E-state index contributed by atoms with van der Waals surface area (Å²) in [5.41, 5.74) is -0.192. The summed E-state index contributed by atoms with van der Waals surface area (Å²) in [5, 5.41) is 8.77.